The number of nitrogens with zero attached hydrogens (tertiary/aromatic N) is 3. The molecule has 2 atom stereocenters. The molecule has 1 saturated carbocycles. The summed E-state index contributed by atoms with van der Waals surface area (Å²) in [7, 11) is 0. The summed E-state index contributed by atoms with van der Waals surface area (Å²) in [5, 5.41) is 2.09. The van der Waals surface area contributed by atoms with Crippen molar-refractivity contribution in [1.29, 1.82) is 0 Å². The highest BCUT2D eigenvalue weighted by Gasteiger charge is 2.41. The van der Waals surface area contributed by atoms with Gasteiger partial charge in [-0.15, -0.1) is 0 Å². The molecule has 0 bridgehead atoms. The van der Waals surface area contributed by atoms with E-state index >= 15 is 4.39 Å². The van der Waals surface area contributed by atoms with Crippen molar-refractivity contribution < 1.29 is 18.8 Å². The molecule has 6 nitrogen and oxygen atoms in total. The zero-order valence-corrected chi connectivity index (χ0v) is 24.9. The minimum Gasteiger partial charge on any atom is -0.300 e. The Bertz CT molecular complexity index is 1050. The van der Waals surface area contributed by atoms with Gasteiger partial charge in [-0.05, 0) is 80.0 Å². The highest BCUT2D eigenvalue weighted by Crippen LogP contribution is 2.36. The fourth-order valence-electron chi connectivity index (χ4n) is 6.31. The van der Waals surface area contributed by atoms with Crippen LogP contribution < -0.4 is 0 Å². The molecular formula is C32H48FN3O3. The van der Waals surface area contributed by atoms with Gasteiger partial charge in [0.15, 0.2) is 0 Å². The molecule has 2 heterocycles. The molecule has 216 valence electrons. The molecule has 1 saturated heterocycles. The van der Waals surface area contributed by atoms with Gasteiger partial charge in [-0.2, -0.15) is 5.01 Å². The van der Waals surface area contributed by atoms with Gasteiger partial charge in [-0.3, -0.25) is 14.4 Å². The molecule has 39 heavy (non-hydrogen) atoms. The van der Waals surface area contributed by atoms with Crippen LogP contribution in [0, 0.1) is 22.6 Å². The third kappa shape index (κ3) is 7.08. The van der Waals surface area contributed by atoms with E-state index < -0.39 is 5.91 Å². The van der Waals surface area contributed by atoms with Gasteiger partial charge in [-0.25, -0.2) is 9.40 Å². The number of carbonyl (C=O) groups is 3. The van der Waals surface area contributed by atoms with Crippen LogP contribution in [0.3, 0.4) is 0 Å². The molecule has 0 spiro atoms. The van der Waals surface area contributed by atoms with Crippen molar-refractivity contribution in [2.75, 3.05) is 13.1 Å². The average molecular weight is 542 g/mol. The fraction of sp³-hybridized carbons (Fsp3) is 0.719. The van der Waals surface area contributed by atoms with Crippen molar-refractivity contribution in [3.05, 3.63) is 34.6 Å². The molecule has 7 heteroatoms. The summed E-state index contributed by atoms with van der Waals surface area (Å²) in [6.45, 7) is 15.8. The maximum Gasteiger partial charge on any atom is 0.273 e. The third-order valence-corrected chi connectivity index (χ3v) is 8.71. The van der Waals surface area contributed by atoms with Crippen LogP contribution in [-0.4, -0.2) is 51.8 Å². The highest BCUT2D eigenvalue weighted by atomic mass is 19.1. The Labute approximate surface area is 234 Å². The lowest BCUT2D eigenvalue weighted by Gasteiger charge is -2.42. The van der Waals surface area contributed by atoms with Gasteiger partial charge < -0.3 is 4.90 Å². The maximum absolute atomic E-state index is 16.0. The van der Waals surface area contributed by atoms with Crippen LogP contribution in [-0.2, 0) is 22.6 Å². The largest absolute Gasteiger partial charge is 0.300 e. The van der Waals surface area contributed by atoms with Crippen LogP contribution in [0.4, 0.5) is 4.39 Å². The molecule has 1 aromatic rings. The lowest BCUT2D eigenvalue weighted by Crippen LogP contribution is -2.52. The van der Waals surface area contributed by atoms with Gasteiger partial charge in [0.05, 0.1) is 6.54 Å². The van der Waals surface area contributed by atoms with Crippen molar-refractivity contribution in [2.45, 2.75) is 118 Å². The molecule has 2 aliphatic heterocycles. The summed E-state index contributed by atoms with van der Waals surface area (Å²) >= 11 is 0. The third-order valence-electron chi connectivity index (χ3n) is 8.71. The molecule has 0 radical (unpaired) electrons. The van der Waals surface area contributed by atoms with Gasteiger partial charge in [0.1, 0.15) is 5.82 Å². The number of hydrogen-bond donors (Lipinski definition) is 0. The van der Waals surface area contributed by atoms with Crippen LogP contribution >= 0.6 is 0 Å². The lowest BCUT2D eigenvalue weighted by molar-refractivity contribution is -0.163. The number of rotatable bonds is 8. The van der Waals surface area contributed by atoms with Gasteiger partial charge in [0.2, 0.25) is 11.8 Å². The highest BCUT2D eigenvalue weighted by molar-refractivity contribution is 6.04. The number of piperidine rings is 1. The average Bonchev–Trinajstić information content (AvgIpc) is 3.17. The predicted octanol–water partition coefficient (Wildman–Crippen LogP) is 6.51. The minimum absolute atomic E-state index is 0.0668. The summed E-state index contributed by atoms with van der Waals surface area (Å²) in [6, 6.07) is 3.87. The van der Waals surface area contributed by atoms with E-state index in [0.29, 0.717) is 35.9 Å². The number of hydrazine groups is 1. The Morgan fingerprint density at radius 3 is 2.05 bits per heavy atom. The topological polar surface area (TPSA) is 60.9 Å². The first kappa shape index (κ1) is 29.7. The first-order valence-electron chi connectivity index (χ1n) is 15.0. The molecule has 3 aliphatic rings. The molecule has 1 aromatic carbocycles. The zero-order valence-electron chi connectivity index (χ0n) is 24.9. The first-order chi connectivity index (χ1) is 18.2. The Balaban J connectivity index is 1.54. The Hall–Kier alpha value is -2.28. The summed E-state index contributed by atoms with van der Waals surface area (Å²) in [4.78, 5) is 40.7. The maximum atomic E-state index is 16.0. The Morgan fingerprint density at radius 2 is 1.46 bits per heavy atom. The minimum atomic E-state index is -0.467. The number of carbonyl (C=O) groups excluding carboxylic acids is 3. The summed E-state index contributed by atoms with van der Waals surface area (Å²) in [5.74, 6) is -1.23. The number of benzene rings is 1. The predicted molar refractivity (Wildman–Crippen MR) is 151 cm³/mol. The molecule has 1 aliphatic carbocycles. The molecule has 0 unspecified atom stereocenters. The second kappa shape index (κ2) is 11.7. The van der Waals surface area contributed by atoms with E-state index in [1.807, 2.05) is 0 Å². The fourth-order valence-corrected chi connectivity index (χ4v) is 6.31. The van der Waals surface area contributed by atoms with Crippen LogP contribution in [0.25, 0.3) is 0 Å². The van der Waals surface area contributed by atoms with E-state index in [0.717, 1.165) is 55.2 Å². The van der Waals surface area contributed by atoms with Crippen molar-refractivity contribution in [1.82, 2.24) is 14.9 Å². The number of hydrogen-bond acceptors (Lipinski definition) is 4. The number of imide groups is 1. The monoisotopic (exact) mass is 541 g/mol. The number of halogens is 1. The Morgan fingerprint density at radius 1 is 0.872 bits per heavy atom. The molecule has 0 N–H and O–H groups in total. The molecule has 0 aromatic heterocycles. The van der Waals surface area contributed by atoms with Crippen LogP contribution in [0.2, 0.25) is 0 Å². The molecule has 3 amide bonds. The number of fused-ring (bicyclic) bond motifs is 1. The van der Waals surface area contributed by atoms with E-state index in [9.17, 15) is 14.4 Å². The SMILES string of the molecule is CC(C)(C)CCN(CCC(C)(C)C)[C@H]1CCCC[C@@H]1Cc1ccc2c(c1F)CN(N1C(=O)CCCC1=O)C2=O. The normalized spacial score (nSPS) is 22.7. The second-order valence-electron chi connectivity index (χ2n) is 14.4. The second-order valence-corrected chi connectivity index (χ2v) is 14.4. The van der Waals surface area contributed by atoms with E-state index in [2.05, 4.69) is 46.4 Å². The molecule has 4 rings (SSSR count). The van der Waals surface area contributed by atoms with Crippen molar-refractivity contribution in [3.63, 3.8) is 0 Å². The summed E-state index contributed by atoms with van der Waals surface area (Å²) in [5.41, 5.74) is 1.73. The smallest absolute Gasteiger partial charge is 0.273 e. The van der Waals surface area contributed by atoms with Crippen LogP contribution in [0.1, 0.15) is 121 Å². The standard InChI is InChI=1S/C32H48FN3O3/c1-31(2,3)16-18-34(19-17-32(4,5)6)26-11-8-7-10-22(26)20-23-14-15-24-25(29(23)33)21-35(30(24)39)36-27(37)12-9-13-28(36)38/h14-15,22,26H,7-13,16-21H2,1-6H3/t22-,26+/m1/s1. The van der Waals surface area contributed by atoms with E-state index in [1.165, 1.54) is 6.42 Å². The van der Waals surface area contributed by atoms with Crippen molar-refractivity contribution in [3.8, 4) is 0 Å². The summed E-state index contributed by atoms with van der Waals surface area (Å²) in [6.07, 6.45) is 8.41. The van der Waals surface area contributed by atoms with Gasteiger partial charge in [0, 0.05) is 30.0 Å². The first-order valence-corrected chi connectivity index (χ1v) is 15.0. The summed E-state index contributed by atoms with van der Waals surface area (Å²) < 4.78 is 16.0. The quantitative estimate of drug-likeness (QED) is 0.352. The number of amides is 3. The Kier molecular flexibility index (Phi) is 8.89. The molecule has 2 fully saturated rings. The van der Waals surface area contributed by atoms with Gasteiger partial charge in [-0.1, -0.05) is 60.5 Å². The van der Waals surface area contributed by atoms with Gasteiger partial charge >= 0.3 is 0 Å². The van der Waals surface area contributed by atoms with E-state index in [-0.39, 0.29) is 53.4 Å². The zero-order chi connectivity index (χ0) is 28.5. The van der Waals surface area contributed by atoms with Crippen LogP contribution in [0.5, 0.6) is 0 Å². The van der Waals surface area contributed by atoms with E-state index in [1.54, 1.807) is 12.1 Å². The van der Waals surface area contributed by atoms with E-state index in [4.69, 9.17) is 0 Å². The lowest BCUT2D eigenvalue weighted by atomic mass is 9.78. The van der Waals surface area contributed by atoms with Crippen molar-refractivity contribution in [2.24, 2.45) is 16.7 Å². The van der Waals surface area contributed by atoms with Crippen LogP contribution in [0.15, 0.2) is 12.1 Å². The van der Waals surface area contributed by atoms with Crippen molar-refractivity contribution >= 4 is 17.7 Å². The van der Waals surface area contributed by atoms with Gasteiger partial charge in [0.25, 0.3) is 5.91 Å². The molecular weight excluding hydrogens is 493 g/mol.